The second-order valence-electron chi connectivity index (χ2n) is 7.49. The monoisotopic (exact) mass is 406 g/mol. The minimum Gasteiger partial charge on any atom is -0.467 e. The van der Waals surface area contributed by atoms with E-state index in [1.807, 2.05) is 13.0 Å². The molecule has 1 unspecified atom stereocenters. The van der Waals surface area contributed by atoms with Gasteiger partial charge in [0.25, 0.3) is 0 Å². The van der Waals surface area contributed by atoms with Gasteiger partial charge in [-0.05, 0) is 36.0 Å². The molecule has 25 heavy (non-hydrogen) atoms. The van der Waals surface area contributed by atoms with Crippen LogP contribution < -0.4 is 0 Å². The van der Waals surface area contributed by atoms with Crippen LogP contribution in [0.5, 0.6) is 0 Å². The third-order valence-electron chi connectivity index (χ3n) is 4.73. The van der Waals surface area contributed by atoms with Crippen molar-refractivity contribution >= 4 is 43.8 Å². The van der Waals surface area contributed by atoms with Gasteiger partial charge in [0.15, 0.2) is 8.32 Å². The zero-order valence-corrected chi connectivity index (χ0v) is 19.1. The van der Waals surface area contributed by atoms with Crippen molar-refractivity contribution in [3.05, 3.63) is 11.0 Å². The molecule has 0 saturated carbocycles. The lowest BCUT2D eigenvalue weighted by atomic mass is 10.0. The normalized spacial score (nSPS) is 23.7. The minimum absolute atomic E-state index is 0.0626. The molecule has 0 bridgehead atoms. The molecule has 0 aromatic rings. The minimum atomic E-state index is -2.25. The lowest BCUT2D eigenvalue weighted by Crippen LogP contribution is -2.59. The summed E-state index contributed by atoms with van der Waals surface area (Å²) in [5.74, 6) is 0.181. The summed E-state index contributed by atoms with van der Waals surface area (Å²) in [7, 11) is 0.336. The second kappa shape index (κ2) is 8.50. The molecule has 0 aliphatic carbocycles. The Morgan fingerprint density at radius 1 is 1.16 bits per heavy atom. The highest BCUT2D eigenvalue weighted by atomic mass is 32.2. The van der Waals surface area contributed by atoms with Crippen molar-refractivity contribution in [3.63, 3.8) is 0 Å². The number of carbonyl (C=O) groups is 2. The van der Waals surface area contributed by atoms with Crippen LogP contribution in [0.25, 0.3) is 0 Å². The van der Waals surface area contributed by atoms with E-state index in [1.165, 1.54) is 26.0 Å². The summed E-state index contributed by atoms with van der Waals surface area (Å²) in [5, 5.41) is -0.0626. The van der Waals surface area contributed by atoms with Gasteiger partial charge in [0.05, 0.1) is 14.2 Å². The molecule has 0 amide bonds. The predicted molar refractivity (Wildman–Crippen MR) is 108 cm³/mol. The number of carbonyl (C=O) groups excluding carboxylic acids is 2. The van der Waals surface area contributed by atoms with Gasteiger partial charge in [0.2, 0.25) is 4.75 Å². The maximum absolute atomic E-state index is 12.8. The number of methoxy groups -OCH3 is 2. The first-order valence-corrected chi connectivity index (χ1v) is 13.1. The Bertz CT molecular complexity index is 524. The van der Waals surface area contributed by atoms with Crippen molar-refractivity contribution in [2.24, 2.45) is 0 Å². The Morgan fingerprint density at radius 3 is 2.12 bits per heavy atom. The fraction of sp³-hybridized carbons (Fsp3) is 0.765. The molecule has 1 aliphatic rings. The van der Waals surface area contributed by atoms with Gasteiger partial charge in [-0.2, -0.15) is 0 Å². The summed E-state index contributed by atoms with van der Waals surface area (Å²) in [4.78, 5) is 26.6. The molecule has 0 radical (unpaired) electrons. The van der Waals surface area contributed by atoms with Crippen molar-refractivity contribution in [3.8, 4) is 0 Å². The molecule has 144 valence electrons. The standard InChI is InChI=1S/C17H30O5S2Si/c1-12-11-13(22-25(7,8)16(2,3)4)17(14(18)20-5,15(19)21-6)24-10-9-23-12/h11,13H,9-10H2,1-8H3/b12-11-. The third kappa shape index (κ3) is 4.84. The maximum atomic E-state index is 12.8. The molecule has 0 N–H and O–H groups in total. The first kappa shape index (κ1) is 22.6. The number of ether oxygens (including phenoxy) is 2. The fourth-order valence-electron chi connectivity index (χ4n) is 2.21. The van der Waals surface area contributed by atoms with Crippen LogP contribution in [0.1, 0.15) is 27.7 Å². The van der Waals surface area contributed by atoms with Crippen molar-refractivity contribution in [2.75, 3.05) is 25.7 Å². The van der Waals surface area contributed by atoms with Crippen molar-refractivity contribution in [1.82, 2.24) is 0 Å². The van der Waals surface area contributed by atoms with E-state index in [9.17, 15) is 9.59 Å². The molecule has 0 fully saturated rings. The van der Waals surface area contributed by atoms with Crippen LogP contribution in [-0.4, -0.2) is 56.8 Å². The number of thioether (sulfide) groups is 2. The van der Waals surface area contributed by atoms with E-state index in [1.54, 1.807) is 11.8 Å². The lowest BCUT2D eigenvalue weighted by Gasteiger charge is -2.43. The van der Waals surface area contributed by atoms with Gasteiger partial charge < -0.3 is 13.9 Å². The van der Waals surface area contributed by atoms with E-state index in [-0.39, 0.29) is 5.04 Å². The average Bonchev–Trinajstić information content (AvgIpc) is 2.50. The number of rotatable bonds is 4. The number of allylic oxidation sites excluding steroid dienone is 1. The molecule has 0 aromatic carbocycles. The summed E-state index contributed by atoms with van der Waals surface area (Å²) in [6.07, 6.45) is 1.15. The molecular weight excluding hydrogens is 376 g/mol. The van der Waals surface area contributed by atoms with Gasteiger partial charge in [-0.3, -0.25) is 0 Å². The first-order valence-electron chi connectivity index (χ1n) is 8.22. The topological polar surface area (TPSA) is 61.8 Å². The molecule has 8 heteroatoms. The van der Waals surface area contributed by atoms with E-state index >= 15 is 0 Å². The van der Waals surface area contributed by atoms with Crippen LogP contribution >= 0.6 is 23.5 Å². The number of hydrogen-bond donors (Lipinski definition) is 0. The Kier molecular flexibility index (Phi) is 7.68. The van der Waals surface area contributed by atoms with Crippen LogP contribution in [0.3, 0.4) is 0 Å². The predicted octanol–water partition coefficient (Wildman–Crippen LogP) is 3.85. The molecule has 5 nitrogen and oxygen atoms in total. The summed E-state index contributed by atoms with van der Waals surface area (Å²) < 4.78 is 15.0. The second-order valence-corrected chi connectivity index (χ2v) is 14.9. The largest absolute Gasteiger partial charge is 0.467 e. The quantitative estimate of drug-likeness (QED) is 0.399. The molecule has 1 heterocycles. The number of hydrogen-bond acceptors (Lipinski definition) is 7. The average molecular weight is 407 g/mol. The van der Waals surface area contributed by atoms with Crippen molar-refractivity contribution in [1.29, 1.82) is 0 Å². The highest BCUT2D eigenvalue weighted by Crippen LogP contribution is 2.44. The van der Waals surface area contributed by atoms with E-state index in [0.717, 1.165) is 10.7 Å². The van der Waals surface area contributed by atoms with Gasteiger partial charge in [-0.15, -0.1) is 23.5 Å². The molecule has 0 saturated heterocycles. The summed E-state index contributed by atoms with van der Waals surface area (Å²) in [6.45, 7) is 12.6. The number of esters is 2. The fourth-order valence-corrected chi connectivity index (χ4v) is 5.75. The molecule has 1 aliphatic heterocycles. The Balaban J connectivity index is 3.52. The van der Waals surface area contributed by atoms with Crippen molar-refractivity contribution in [2.45, 2.75) is 56.7 Å². The van der Waals surface area contributed by atoms with Gasteiger partial charge in [-0.1, -0.05) is 20.8 Å². The van der Waals surface area contributed by atoms with E-state index in [4.69, 9.17) is 13.9 Å². The smallest absolute Gasteiger partial charge is 0.336 e. The van der Waals surface area contributed by atoms with Gasteiger partial charge in [0.1, 0.15) is 6.10 Å². The maximum Gasteiger partial charge on any atom is 0.336 e. The Labute approximate surface area is 160 Å². The van der Waals surface area contributed by atoms with E-state index in [2.05, 4.69) is 33.9 Å². The van der Waals surface area contributed by atoms with Gasteiger partial charge in [0, 0.05) is 11.5 Å². The Hall–Kier alpha value is -0.443. The lowest BCUT2D eigenvalue weighted by molar-refractivity contribution is -0.158. The highest BCUT2D eigenvalue weighted by Gasteiger charge is 2.58. The van der Waals surface area contributed by atoms with Crippen LogP contribution in [0.4, 0.5) is 0 Å². The molecule has 0 spiro atoms. The van der Waals surface area contributed by atoms with Crippen LogP contribution in [-0.2, 0) is 23.5 Å². The van der Waals surface area contributed by atoms with Crippen LogP contribution in [0.15, 0.2) is 11.0 Å². The van der Waals surface area contributed by atoms with Crippen LogP contribution in [0, 0.1) is 0 Å². The van der Waals surface area contributed by atoms with Gasteiger partial charge in [-0.25, -0.2) is 9.59 Å². The molecular formula is C17H30O5S2Si. The van der Waals surface area contributed by atoms with E-state index in [0.29, 0.717) is 5.75 Å². The highest BCUT2D eigenvalue weighted by molar-refractivity contribution is 8.06. The van der Waals surface area contributed by atoms with Crippen molar-refractivity contribution < 1.29 is 23.5 Å². The summed E-state index contributed by atoms with van der Waals surface area (Å²) >= 11 is 2.95. The summed E-state index contributed by atoms with van der Waals surface area (Å²) in [6, 6.07) is 0. The molecule has 1 atom stereocenters. The zero-order chi connectivity index (χ0) is 19.5. The SMILES string of the molecule is COC(=O)C1(C(=O)OC)SCCS/C(C)=C\C1O[Si](C)(C)C(C)(C)C. The molecule has 0 aromatic heterocycles. The van der Waals surface area contributed by atoms with Gasteiger partial charge >= 0.3 is 11.9 Å². The first-order chi connectivity index (χ1) is 11.4. The summed E-state index contributed by atoms with van der Waals surface area (Å²) in [5.41, 5.74) is 0. The van der Waals surface area contributed by atoms with Crippen LogP contribution in [0.2, 0.25) is 18.1 Å². The molecule has 1 rings (SSSR count). The van der Waals surface area contributed by atoms with E-state index < -0.39 is 31.1 Å². The Morgan fingerprint density at radius 2 is 1.68 bits per heavy atom. The zero-order valence-electron chi connectivity index (χ0n) is 16.4. The third-order valence-corrected chi connectivity index (χ3v) is 11.9.